The quantitative estimate of drug-likeness (QED) is 0.462. The number of benzene rings is 1. The lowest BCUT2D eigenvalue weighted by Gasteiger charge is -2.21. The number of halogens is 3. The predicted octanol–water partition coefficient (Wildman–Crippen LogP) is 0.140. The third-order valence-electron chi connectivity index (χ3n) is 2.59. The van der Waals surface area contributed by atoms with Crippen LogP contribution >= 0.6 is 0 Å². The van der Waals surface area contributed by atoms with Crippen molar-refractivity contribution in [3.8, 4) is 5.75 Å². The Morgan fingerprint density at radius 2 is 1.71 bits per heavy atom. The minimum atomic E-state index is -5.82. The Morgan fingerprint density at radius 1 is 1.19 bits per heavy atom. The van der Waals surface area contributed by atoms with Crippen molar-refractivity contribution in [2.45, 2.75) is 25.1 Å². The third-order valence-corrected chi connectivity index (χ3v) is 5.59. The van der Waals surface area contributed by atoms with Gasteiger partial charge < -0.3 is 14.2 Å². The molecule has 5 nitrogen and oxygen atoms in total. The van der Waals surface area contributed by atoms with Gasteiger partial charge in [-0.3, -0.25) is 0 Å². The molecule has 1 aromatic carbocycles. The number of rotatable bonds is 4. The fourth-order valence-electron chi connectivity index (χ4n) is 1.55. The molecule has 0 aliphatic carbocycles. The van der Waals surface area contributed by atoms with Crippen molar-refractivity contribution < 1.29 is 35.8 Å². The molecule has 1 aromatic rings. The van der Waals surface area contributed by atoms with Crippen molar-refractivity contribution in [3.63, 3.8) is 0 Å². The fraction of sp³-hybridized carbons (Fsp3) is 0.400. The largest absolute Gasteiger partial charge is 0.534 e. The van der Waals surface area contributed by atoms with Gasteiger partial charge >= 0.3 is 22.7 Å². The van der Waals surface area contributed by atoms with Crippen molar-refractivity contribution >= 4 is 36.0 Å². The summed E-state index contributed by atoms with van der Waals surface area (Å²) in [4.78, 5) is 0. The standard InChI is InChI=1S/C10H14BF3O5SSi/c1-21(2,3)9-5-4-7(11(15)16)6-8(9)19-20(17,18)10(12,13)14/h4-6,15-16H,1-3H3. The molecule has 21 heavy (non-hydrogen) atoms. The minimum absolute atomic E-state index is 0.163. The minimum Gasteiger partial charge on any atom is -0.423 e. The Bertz CT molecular complexity index is 625. The van der Waals surface area contributed by atoms with Crippen LogP contribution in [-0.2, 0) is 10.1 Å². The normalized spacial score (nSPS) is 13.1. The molecule has 0 fully saturated rings. The van der Waals surface area contributed by atoms with Crippen molar-refractivity contribution in [2.24, 2.45) is 0 Å². The van der Waals surface area contributed by atoms with Crippen molar-refractivity contribution in [1.82, 2.24) is 0 Å². The first-order valence-electron chi connectivity index (χ1n) is 5.77. The summed E-state index contributed by atoms with van der Waals surface area (Å²) < 4.78 is 63.6. The molecule has 11 heteroatoms. The fourth-order valence-corrected chi connectivity index (χ4v) is 3.54. The van der Waals surface area contributed by atoms with Gasteiger partial charge in [0.2, 0.25) is 0 Å². The van der Waals surface area contributed by atoms with Crippen LogP contribution in [0.2, 0.25) is 19.6 Å². The van der Waals surface area contributed by atoms with Gasteiger partial charge in [-0.25, -0.2) is 0 Å². The first-order valence-corrected chi connectivity index (χ1v) is 10.7. The molecule has 0 saturated heterocycles. The lowest BCUT2D eigenvalue weighted by atomic mass is 9.80. The Kier molecular flexibility index (Phi) is 4.83. The molecule has 0 radical (unpaired) electrons. The second kappa shape index (κ2) is 5.63. The van der Waals surface area contributed by atoms with E-state index in [4.69, 9.17) is 10.0 Å². The number of hydrogen-bond donors (Lipinski definition) is 2. The van der Waals surface area contributed by atoms with Crippen LogP contribution < -0.4 is 14.8 Å². The molecule has 0 saturated carbocycles. The smallest absolute Gasteiger partial charge is 0.423 e. The zero-order valence-electron chi connectivity index (χ0n) is 11.5. The maximum Gasteiger partial charge on any atom is 0.534 e. The average Bonchev–Trinajstić information content (AvgIpc) is 2.24. The van der Waals surface area contributed by atoms with E-state index in [2.05, 4.69) is 4.18 Å². The summed E-state index contributed by atoms with van der Waals surface area (Å²) in [6.07, 6.45) is 0. The second-order valence-electron chi connectivity index (χ2n) is 5.36. The molecule has 0 aromatic heterocycles. The SMILES string of the molecule is C[Si](C)(C)c1ccc(B(O)O)cc1OS(=O)(=O)C(F)(F)F. The van der Waals surface area contributed by atoms with Gasteiger partial charge in [-0.05, 0) is 16.7 Å². The maximum absolute atomic E-state index is 12.4. The highest BCUT2D eigenvalue weighted by molar-refractivity contribution is 7.88. The molecule has 2 N–H and O–H groups in total. The Morgan fingerprint density at radius 3 is 2.10 bits per heavy atom. The first kappa shape index (κ1) is 18.0. The highest BCUT2D eigenvalue weighted by Gasteiger charge is 2.49. The predicted molar refractivity (Wildman–Crippen MR) is 74.9 cm³/mol. The zero-order valence-corrected chi connectivity index (χ0v) is 13.3. The topological polar surface area (TPSA) is 83.8 Å². The van der Waals surface area contributed by atoms with E-state index in [1.54, 1.807) is 19.6 Å². The number of hydrogen-bond acceptors (Lipinski definition) is 5. The molecule has 118 valence electrons. The van der Waals surface area contributed by atoms with E-state index in [9.17, 15) is 21.6 Å². The van der Waals surface area contributed by atoms with Crippen molar-refractivity contribution in [2.75, 3.05) is 0 Å². The molecule has 0 spiro atoms. The molecular formula is C10H14BF3O5SSi. The molecule has 0 bridgehead atoms. The highest BCUT2D eigenvalue weighted by Crippen LogP contribution is 2.26. The summed E-state index contributed by atoms with van der Waals surface area (Å²) in [5.41, 5.74) is -5.72. The summed E-state index contributed by atoms with van der Waals surface area (Å²) in [5, 5.41) is 18.4. The van der Waals surface area contributed by atoms with Gasteiger partial charge in [0, 0.05) is 0 Å². The molecule has 0 unspecified atom stereocenters. The van der Waals surface area contributed by atoms with Crippen LogP contribution in [0.15, 0.2) is 18.2 Å². The summed E-state index contributed by atoms with van der Waals surface area (Å²) in [6, 6.07) is 3.54. The van der Waals surface area contributed by atoms with E-state index in [1.165, 1.54) is 12.1 Å². The van der Waals surface area contributed by atoms with Gasteiger partial charge in [0.1, 0.15) is 5.75 Å². The van der Waals surface area contributed by atoms with Crippen LogP contribution in [0.3, 0.4) is 0 Å². The summed E-state index contributed by atoms with van der Waals surface area (Å²) >= 11 is 0. The van der Waals surface area contributed by atoms with E-state index in [0.29, 0.717) is 5.19 Å². The monoisotopic (exact) mass is 342 g/mol. The van der Waals surface area contributed by atoms with Gasteiger partial charge in [0.15, 0.2) is 0 Å². The Hall–Kier alpha value is -1.04. The Labute approximate surface area is 121 Å². The van der Waals surface area contributed by atoms with Gasteiger partial charge in [0.25, 0.3) is 0 Å². The first-order chi connectivity index (χ1) is 9.25. The van der Waals surface area contributed by atoms with Crippen LogP contribution in [0.4, 0.5) is 13.2 Å². The van der Waals surface area contributed by atoms with Crippen LogP contribution in [0, 0.1) is 0 Å². The molecule has 0 heterocycles. The van der Waals surface area contributed by atoms with E-state index in [1.807, 2.05) is 0 Å². The van der Waals surface area contributed by atoms with Crippen molar-refractivity contribution in [3.05, 3.63) is 18.2 Å². The van der Waals surface area contributed by atoms with Gasteiger partial charge in [-0.15, -0.1) is 0 Å². The van der Waals surface area contributed by atoms with E-state index >= 15 is 0 Å². The molecule has 0 amide bonds. The molecule has 0 aliphatic heterocycles. The maximum atomic E-state index is 12.4. The van der Waals surface area contributed by atoms with E-state index in [-0.39, 0.29) is 5.46 Å². The molecular weight excluding hydrogens is 328 g/mol. The average molecular weight is 342 g/mol. The molecule has 0 aliphatic rings. The highest BCUT2D eigenvalue weighted by atomic mass is 32.2. The van der Waals surface area contributed by atoms with Crippen LogP contribution in [0.5, 0.6) is 5.75 Å². The van der Waals surface area contributed by atoms with Gasteiger partial charge in [-0.2, -0.15) is 21.6 Å². The number of alkyl halides is 3. The van der Waals surface area contributed by atoms with E-state index in [0.717, 1.165) is 6.07 Å². The van der Waals surface area contributed by atoms with Crippen LogP contribution in [-0.4, -0.2) is 39.2 Å². The molecule has 1 rings (SSSR count). The van der Waals surface area contributed by atoms with E-state index < -0.39 is 36.6 Å². The summed E-state index contributed by atoms with van der Waals surface area (Å²) in [5.74, 6) is -0.530. The third kappa shape index (κ3) is 4.22. The van der Waals surface area contributed by atoms with Crippen LogP contribution in [0.25, 0.3) is 0 Å². The lowest BCUT2D eigenvalue weighted by molar-refractivity contribution is -0.0499. The zero-order chi connectivity index (χ0) is 16.6. The van der Waals surface area contributed by atoms with Gasteiger partial charge in [-0.1, -0.05) is 31.8 Å². The van der Waals surface area contributed by atoms with Gasteiger partial charge in [0.05, 0.1) is 8.07 Å². The Balaban J connectivity index is 3.42. The second-order valence-corrected chi connectivity index (χ2v) is 11.9. The van der Waals surface area contributed by atoms with Crippen LogP contribution in [0.1, 0.15) is 0 Å². The van der Waals surface area contributed by atoms with Crippen molar-refractivity contribution in [1.29, 1.82) is 0 Å². The lowest BCUT2D eigenvalue weighted by Crippen LogP contribution is -2.42. The molecule has 0 atom stereocenters. The summed E-state index contributed by atoms with van der Waals surface area (Å²) in [6.45, 7) is 5.35. The summed E-state index contributed by atoms with van der Waals surface area (Å²) in [7, 11) is -9.98.